The van der Waals surface area contributed by atoms with Gasteiger partial charge in [-0.1, -0.05) is 0 Å². The summed E-state index contributed by atoms with van der Waals surface area (Å²) in [7, 11) is 0. The molecule has 19 heavy (non-hydrogen) atoms. The number of benzene rings is 1. The van der Waals surface area contributed by atoms with Crippen LogP contribution in [0.4, 0.5) is 11.4 Å². The molecule has 3 N–H and O–H groups in total. The Bertz CT molecular complexity index is 574. The maximum Gasteiger partial charge on any atom is 0.163 e. The second-order valence-electron chi connectivity index (χ2n) is 4.15. The summed E-state index contributed by atoms with van der Waals surface area (Å²) < 4.78 is 11.0. The molecular weight excluding hydrogens is 244 g/mol. The van der Waals surface area contributed by atoms with Gasteiger partial charge in [-0.2, -0.15) is 10.2 Å². The molecule has 1 aliphatic rings. The van der Waals surface area contributed by atoms with E-state index in [0.29, 0.717) is 36.9 Å². The quantitative estimate of drug-likeness (QED) is 0.811. The lowest BCUT2D eigenvalue weighted by Crippen LogP contribution is -2.16. The van der Waals surface area contributed by atoms with E-state index in [2.05, 4.69) is 15.5 Å². The highest BCUT2D eigenvalue weighted by molar-refractivity contribution is 5.72. The van der Waals surface area contributed by atoms with E-state index < -0.39 is 0 Å². The number of aromatic nitrogens is 2. The fraction of sp³-hybridized carbons (Fsp3) is 0.231. The van der Waals surface area contributed by atoms with Crippen molar-refractivity contribution >= 4 is 11.4 Å². The van der Waals surface area contributed by atoms with Crippen LogP contribution in [0.1, 0.15) is 5.69 Å². The Hall–Kier alpha value is -2.50. The lowest BCUT2D eigenvalue weighted by atomic mass is 10.2. The predicted octanol–water partition coefficient (Wildman–Crippen LogP) is 1.44. The van der Waals surface area contributed by atoms with Crippen molar-refractivity contribution in [2.75, 3.05) is 24.3 Å². The Balaban J connectivity index is 1.77. The summed E-state index contributed by atoms with van der Waals surface area (Å²) in [5, 5.41) is 11.0. The van der Waals surface area contributed by atoms with Gasteiger partial charge < -0.3 is 20.5 Å². The number of nitrogens with zero attached hydrogens (tertiary/aromatic N) is 2. The molecule has 6 heteroatoms. The van der Waals surface area contributed by atoms with Crippen LogP contribution in [-0.2, 0) is 6.54 Å². The Morgan fingerprint density at radius 3 is 2.74 bits per heavy atom. The van der Waals surface area contributed by atoms with E-state index in [4.69, 9.17) is 15.2 Å². The first-order chi connectivity index (χ1) is 9.33. The molecule has 0 atom stereocenters. The summed E-state index contributed by atoms with van der Waals surface area (Å²) >= 11 is 0. The number of nitrogens with one attached hydrogen (secondary N) is 1. The van der Waals surface area contributed by atoms with Crippen molar-refractivity contribution in [3.05, 3.63) is 36.2 Å². The molecule has 3 rings (SSSR count). The largest absolute Gasteiger partial charge is 0.486 e. The standard InChI is InChI=1S/C13H14N4O2/c14-10-6-12-13(19-5-4-18-12)7-11(10)15-8-9-2-1-3-16-17-9/h1-3,6-7,15H,4-5,8,14H2. The van der Waals surface area contributed by atoms with E-state index in [1.165, 1.54) is 0 Å². The van der Waals surface area contributed by atoms with Crippen molar-refractivity contribution in [3.8, 4) is 11.5 Å². The van der Waals surface area contributed by atoms with Crippen LogP contribution >= 0.6 is 0 Å². The zero-order chi connectivity index (χ0) is 13.1. The molecule has 1 aromatic heterocycles. The molecule has 2 heterocycles. The third-order valence-electron chi connectivity index (χ3n) is 2.80. The van der Waals surface area contributed by atoms with Crippen molar-refractivity contribution in [2.24, 2.45) is 0 Å². The summed E-state index contributed by atoms with van der Waals surface area (Å²) in [6.07, 6.45) is 1.64. The lowest BCUT2D eigenvalue weighted by Gasteiger charge is -2.20. The van der Waals surface area contributed by atoms with Gasteiger partial charge in [0, 0.05) is 18.3 Å². The van der Waals surface area contributed by atoms with E-state index in [1.54, 1.807) is 12.3 Å². The van der Waals surface area contributed by atoms with Crippen LogP contribution in [-0.4, -0.2) is 23.4 Å². The molecular formula is C13H14N4O2. The smallest absolute Gasteiger partial charge is 0.163 e. The second kappa shape index (κ2) is 5.01. The van der Waals surface area contributed by atoms with Gasteiger partial charge in [0.15, 0.2) is 11.5 Å². The second-order valence-corrected chi connectivity index (χ2v) is 4.15. The first-order valence-corrected chi connectivity index (χ1v) is 6.02. The molecule has 0 spiro atoms. The van der Waals surface area contributed by atoms with Gasteiger partial charge in [0.05, 0.1) is 23.6 Å². The van der Waals surface area contributed by atoms with Gasteiger partial charge in [-0.3, -0.25) is 0 Å². The van der Waals surface area contributed by atoms with E-state index in [9.17, 15) is 0 Å². The van der Waals surface area contributed by atoms with Crippen molar-refractivity contribution in [2.45, 2.75) is 6.54 Å². The number of fused-ring (bicyclic) bond motifs is 1. The average Bonchev–Trinajstić information content (AvgIpc) is 2.46. The average molecular weight is 258 g/mol. The zero-order valence-corrected chi connectivity index (χ0v) is 10.3. The first kappa shape index (κ1) is 11.6. The first-order valence-electron chi connectivity index (χ1n) is 6.02. The number of nitrogen functional groups attached to an aromatic ring is 1. The van der Waals surface area contributed by atoms with Crippen molar-refractivity contribution in [1.82, 2.24) is 10.2 Å². The van der Waals surface area contributed by atoms with Gasteiger partial charge in [-0.15, -0.1) is 0 Å². The molecule has 0 saturated carbocycles. The normalized spacial score (nSPS) is 13.1. The number of hydrogen-bond donors (Lipinski definition) is 2. The Labute approximate surface area is 110 Å². The maximum atomic E-state index is 5.97. The molecule has 0 aliphatic carbocycles. The van der Waals surface area contributed by atoms with Gasteiger partial charge in [0.25, 0.3) is 0 Å². The highest BCUT2D eigenvalue weighted by Gasteiger charge is 2.14. The van der Waals surface area contributed by atoms with E-state index in [1.807, 2.05) is 18.2 Å². The van der Waals surface area contributed by atoms with Crippen LogP contribution in [0, 0.1) is 0 Å². The van der Waals surface area contributed by atoms with Gasteiger partial charge in [-0.05, 0) is 12.1 Å². The molecule has 0 bridgehead atoms. The topological polar surface area (TPSA) is 82.3 Å². The molecule has 0 radical (unpaired) electrons. The lowest BCUT2D eigenvalue weighted by molar-refractivity contribution is 0.172. The van der Waals surface area contributed by atoms with Gasteiger partial charge in [-0.25, -0.2) is 0 Å². The summed E-state index contributed by atoms with van der Waals surface area (Å²) in [6, 6.07) is 7.36. The minimum atomic E-state index is 0.553. The van der Waals surface area contributed by atoms with Crippen LogP contribution in [0.2, 0.25) is 0 Å². The molecule has 98 valence electrons. The highest BCUT2D eigenvalue weighted by Crippen LogP contribution is 2.36. The minimum Gasteiger partial charge on any atom is -0.486 e. The van der Waals surface area contributed by atoms with E-state index in [0.717, 1.165) is 11.4 Å². The summed E-state index contributed by atoms with van der Waals surface area (Å²) in [5.41, 5.74) is 8.24. The van der Waals surface area contributed by atoms with Crippen molar-refractivity contribution in [1.29, 1.82) is 0 Å². The number of nitrogens with two attached hydrogens (primary N) is 1. The third kappa shape index (κ3) is 2.52. The highest BCUT2D eigenvalue weighted by atomic mass is 16.6. The Morgan fingerprint density at radius 1 is 1.21 bits per heavy atom. The molecule has 0 amide bonds. The number of anilines is 2. The summed E-state index contributed by atoms with van der Waals surface area (Å²) in [5.74, 6) is 1.40. The molecule has 1 aliphatic heterocycles. The third-order valence-corrected chi connectivity index (χ3v) is 2.80. The minimum absolute atomic E-state index is 0.553. The fourth-order valence-corrected chi connectivity index (χ4v) is 1.87. The van der Waals surface area contributed by atoms with E-state index in [-0.39, 0.29) is 0 Å². The number of hydrogen-bond acceptors (Lipinski definition) is 6. The molecule has 0 saturated heterocycles. The number of rotatable bonds is 3. The van der Waals surface area contributed by atoms with Crippen LogP contribution in [0.3, 0.4) is 0 Å². The van der Waals surface area contributed by atoms with Crippen LogP contribution < -0.4 is 20.5 Å². The predicted molar refractivity (Wildman–Crippen MR) is 71.2 cm³/mol. The Kier molecular flexibility index (Phi) is 3.06. The van der Waals surface area contributed by atoms with Gasteiger partial charge in [0.2, 0.25) is 0 Å². The maximum absolute atomic E-state index is 5.97. The monoisotopic (exact) mass is 258 g/mol. The molecule has 1 aromatic carbocycles. The van der Waals surface area contributed by atoms with Crippen LogP contribution in [0.25, 0.3) is 0 Å². The fourth-order valence-electron chi connectivity index (χ4n) is 1.87. The van der Waals surface area contributed by atoms with Crippen molar-refractivity contribution < 1.29 is 9.47 Å². The Morgan fingerprint density at radius 2 is 2.00 bits per heavy atom. The summed E-state index contributed by atoms with van der Waals surface area (Å²) in [6.45, 7) is 1.66. The van der Waals surface area contributed by atoms with Crippen molar-refractivity contribution in [3.63, 3.8) is 0 Å². The van der Waals surface area contributed by atoms with Gasteiger partial charge >= 0.3 is 0 Å². The molecule has 2 aromatic rings. The molecule has 0 fully saturated rings. The van der Waals surface area contributed by atoms with Crippen LogP contribution in [0.15, 0.2) is 30.5 Å². The summed E-state index contributed by atoms with van der Waals surface area (Å²) in [4.78, 5) is 0. The molecule has 6 nitrogen and oxygen atoms in total. The number of ether oxygens (including phenoxy) is 2. The zero-order valence-electron chi connectivity index (χ0n) is 10.3. The van der Waals surface area contributed by atoms with Gasteiger partial charge in [0.1, 0.15) is 13.2 Å². The SMILES string of the molecule is Nc1cc2c(cc1NCc1cccnn1)OCCO2. The molecule has 0 unspecified atom stereocenters. The van der Waals surface area contributed by atoms with Crippen LogP contribution in [0.5, 0.6) is 11.5 Å². The van der Waals surface area contributed by atoms with E-state index >= 15 is 0 Å².